The molecule has 1 unspecified atom stereocenters. The molecule has 0 bridgehead atoms. The molecule has 7 nitrogen and oxygen atoms in total. The lowest BCUT2D eigenvalue weighted by Gasteiger charge is -2.32. The van der Waals surface area contributed by atoms with Crippen LogP contribution in [0.3, 0.4) is 0 Å². The molecule has 1 atom stereocenters. The Bertz CT molecular complexity index is 763. The number of nitrogens with zero attached hydrogens (tertiary/aromatic N) is 3. The summed E-state index contributed by atoms with van der Waals surface area (Å²) in [6, 6.07) is 5.52. The Morgan fingerprint density at radius 2 is 2.17 bits per heavy atom. The molecule has 0 amide bonds. The zero-order valence-corrected chi connectivity index (χ0v) is 14.2. The quantitative estimate of drug-likeness (QED) is 0.924. The van der Waals surface area contributed by atoms with Gasteiger partial charge in [-0.15, -0.1) is 0 Å². The first-order valence-corrected chi connectivity index (χ1v) is 7.78. The third-order valence-corrected chi connectivity index (χ3v) is 4.13. The average Bonchev–Trinajstić information content (AvgIpc) is 3.03. The summed E-state index contributed by atoms with van der Waals surface area (Å²) in [6.07, 6.45) is 0. The van der Waals surface area contributed by atoms with E-state index in [9.17, 15) is 9.90 Å². The van der Waals surface area contributed by atoms with E-state index >= 15 is 0 Å². The Balaban J connectivity index is 1.95. The van der Waals surface area contributed by atoms with Crippen molar-refractivity contribution in [2.24, 2.45) is 0 Å². The molecule has 1 aliphatic rings. The van der Waals surface area contributed by atoms with Gasteiger partial charge >= 0.3 is 5.97 Å². The smallest absolute Gasteiger partial charge is 0.312 e. The summed E-state index contributed by atoms with van der Waals surface area (Å²) in [5, 5.41) is 13.6. The predicted octanol–water partition coefficient (Wildman–Crippen LogP) is 2.56. The Labute approximate surface area is 140 Å². The van der Waals surface area contributed by atoms with E-state index in [4.69, 9.17) is 9.26 Å². The van der Waals surface area contributed by atoms with Gasteiger partial charge in [-0.05, 0) is 28.4 Å². The molecule has 1 aromatic carbocycles. The molecule has 7 heteroatoms. The second-order valence-electron chi connectivity index (χ2n) is 6.99. The Morgan fingerprint density at radius 3 is 2.75 bits per heavy atom. The van der Waals surface area contributed by atoms with Crippen molar-refractivity contribution in [2.75, 3.05) is 18.6 Å². The summed E-state index contributed by atoms with van der Waals surface area (Å²) in [5.41, 5.74) is 1.45. The molecular weight excluding hydrogens is 310 g/mol. The van der Waals surface area contributed by atoms with E-state index in [0.29, 0.717) is 30.7 Å². The van der Waals surface area contributed by atoms with Gasteiger partial charge in [0.1, 0.15) is 5.75 Å². The van der Waals surface area contributed by atoms with Crippen molar-refractivity contribution in [1.82, 2.24) is 10.1 Å². The summed E-state index contributed by atoms with van der Waals surface area (Å²) in [4.78, 5) is 18.0. The van der Waals surface area contributed by atoms with E-state index in [1.54, 1.807) is 13.2 Å². The molecule has 1 aliphatic heterocycles. The van der Waals surface area contributed by atoms with E-state index in [0.717, 1.165) is 11.1 Å². The molecule has 0 saturated carbocycles. The molecule has 0 radical (unpaired) electrons. The topological polar surface area (TPSA) is 88.7 Å². The van der Waals surface area contributed by atoms with Gasteiger partial charge in [-0.25, -0.2) is 0 Å². The number of aliphatic carboxylic acids is 1. The summed E-state index contributed by atoms with van der Waals surface area (Å²) in [6.45, 7) is 6.79. The van der Waals surface area contributed by atoms with E-state index in [-0.39, 0.29) is 5.41 Å². The van der Waals surface area contributed by atoms with E-state index in [2.05, 4.69) is 10.1 Å². The van der Waals surface area contributed by atoms with Crippen LogP contribution >= 0.6 is 0 Å². The normalized spacial score (nSPS) is 17.5. The second-order valence-corrected chi connectivity index (χ2v) is 6.99. The number of carbonyl (C=O) groups is 1. The van der Waals surface area contributed by atoms with Crippen molar-refractivity contribution in [1.29, 1.82) is 0 Å². The number of ether oxygens (including phenoxy) is 1. The van der Waals surface area contributed by atoms with Gasteiger partial charge in [-0.3, -0.25) is 4.79 Å². The molecule has 1 aromatic heterocycles. The summed E-state index contributed by atoms with van der Waals surface area (Å²) >= 11 is 0. The van der Waals surface area contributed by atoms with Gasteiger partial charge in [0, 0.05) is 18.5 Å². The number of hydrogen-bond acceptors (Lipinski definition) is 6. The lowest BCUT2D eigenvalue weighted by atomic mass is 9.89. The van der Waals surface area contributed by atoms with Gasteiger partial charge in [0.25, 0.3) is 5.95 Å². The highest BCUT2D eigenvalue weighted by Gasteiger charge is 2.33. The minimum atomic E-state index is -0.881. The molecule has 128 valence electrons. The first-order valence-electron chi connectivity index (χ1n) is 7.78. The molecule has 0 saturated heterocycles. The summed E-state index contributed by atoms with van der Waals surface area (Å²) in [7, 11) is 1.57. The minimum absolute atomic E-state index is 0.251. The van der Waals surface area contributed by atoms with Crippen molar-refractivity contribution in [3.05, 3.63) is 35.2 Å². The van der Waals surface area contributed by atoms with Crippen molar-refractivity contribution < 1.29 is 19.2 Å². The molecule has 2 aromatic rings. The van der Waals surface area contributed by atoms with Crippen LogP contribution in [0.2, 0.25) is 0 Å². The average molecular weight is 331 g/mol. The minimum Gasteiger partial charge on any atom is -0.497 e. The van der Waals surface area contributed by atoms with Crippen LogP contribution in [-0.4, -0.2) is 34.9 Å². The summed E-state index contributed by atoms with van der Waals surface area (Å²) < 4.78 is 10.5. The van der Waals surface area contributed by atoms with E-state index < -0.39 is 11.9 Å². The van der Waals surface area contributed by atoms with E-state index in [1.165, 1.54) is 0 Å². The van der Waals surface area contributed by atoms with Crippen LogP contribution in [0.1, 0.15) is 43.7 Å². The number of fused-ring (bicyclic) bond motifs is 1. The number of rotatable bonds is 3. The third-order valence-electron chi connectivity index (χ3n) is 4.13. The lowest BCUT2D eigenvalue weighted by Crippen LogP contribution is -2.37. The first-order chi connectivity index (χ1) is 11.3. The molecule has 24 heavy (non-hydrogen) atoms. The highest BCUT2D eigenvalue weighted by Crippen LogP contribution is 2.33. The van der Waals surface area contributed by atoms with Gasteiger partial charge in [0.05, 0.1) is 13.0 Å². The molecule has 3 rings (SSSR count). The van der Waals surface area contributed by atoms with Crippen molar-refractivity contribution in [3.63, 3.8) is 0 Å². The predicted molar refractivity (Wildman–Crippen MR) is 87.4 cm³/mol. The Morgan fingerprint density at radius 1 is 1.42 bits per heavy atom. The number of carboxylic acids is 1. The van der Waals surface area contributed by atoms with Gasteiger partial charge in [0.2, 0.25) is 5.89 Å². The third kappa shape index (κ3) is 2.93. The van der Waals surface area contributed by atoms with Crippen LogP contribution in [0.25, 0.3) is 0 Å². The van der Waals surface area contributed by atoms with Crippen molar-refractivity contribution >= 4 is 11.9 Å². The SMILES string of the molecule is COc1ccc2c(c1)C(C(=O)O)CN(c1noc(C(C)(C)C)n1)C2. The highest BCUT2D eigenvalue weighted by atomic mass is 16.5. The first kappa shape index (κ1) is 16.3. The van der Waals surface area contributed by atoms with Gasteiger partial charge in [-0.2, -0.15) is 4.98 Å². The van der Waals surface area contributed by atoms with Gasteiger partial charge in [-0.1, -0.05) is 26.8 Å². The largest absolute Gasteiger partial charge is 0.497 e. The summed E-state index contributed by atoms with van der Waals surface area (Å²) in [5.74, 6) is 0.0646. The van der Waals surface area contributed by atoms with Crippen LogP contribution in [0, 0.1) is 0 Å². The Kier molecular flexibility index (Phi) is 3.95. The molecular formula is C17H21N3O4. The van der Waals surface area contributed by atoms with E-state index in [1.807, 2.05) is 37.8 Å². The number of benzene rings is 1. The van der Waals surface area contributed by atoms with Gasteiger partial charge < -0.3 is 19.3 Å². The highest BCUT2D eigenvalue weighted by molar-refractivity contribution is 5.78. The molecule has 0 fully saturated rings. The number of hydrogen-bond donors (Lipinski definition) is 1. The number of carboxylic acid groups (broad SMARTS) is 1. The number of anilines is 1. The van der Waals surface area contributed by atoms with Crippen LogP contribution in [-0.2, 0) is 16.8 Å². The number of aromatic nitrogens is 2. The Hall–Kier alpha value is -2.57. The maximum atomic E-state index is 11.7. The molecule has 2 heterocycles. The molecule has 0 aliphatic carbocycles. The van der Waals surface area contributed by atoms with Crippen LogP contribution in [0.5, 0.6) is 5.75 Å². The lowest BCUT2D eigenvalue weighted by molar-refractivity contribution is -0.138. The molecule has 0 spiro atoms. The fourth-order valence-corrected chi connectivity index (χ4v) is 2.77. The maximum Gasteiger partial charge on any atom is 0.312 e. The van der Waals surface area contributed by atoms with Crippen LogP contribution < -0.4 is 9.64 Å². The second kappa shape index (κ2) is 5.81. The van der Waals surface area contributed by atoms with Crippen molar-refractivity contribution in [2.45, 2.75) is 38.6 Å². The molecule has 1 N–H and O–H groups in total. The van der Waals surface area contributed by atoms with Crippen molar-refractivity contribution in [3.8, 4) is 5.75 Å². The fourth-order valence-electron chi connectivity index (χ4n) is 2.77. The van der Waals surface area contributed by atoms with Gasteiger partial charge in [0.15, 0.2) is 0 Å². The monoisotopic (exact) mass is 331 g/mol. The zero-order valence-electron chi connectivity index (χ0n) is 14.2. The zero-order chi connectivity index (χ0) is 17.5. The van der Waals surface area contributed by atoms with Crippen LogP contribution in [0.4, 0.5) is 5.95 Å². The maximum absolute atomic E-state index is 11.7. The standard InChI is InChI=1S/C17H21N3O4/c1-17(2,3)15-18-16(19-24-15)20-8-10-5-6-11(23-4)7-12(10)13(9-20)14(21)22/h5-7,13H,8-9H2,1-4H3,(H,21,22). The number of methoxy groups -OCH3 is 1. The van der Waals surface area contributed by atoms with Crippen LogP contribution in [0.15, 0.2) is 22.7 Å². The fraction of sp³-hybridized carbons (Fsp3) is 0.471.